The number of halogens is 3. The van der Waals surface area contributed by atoms with Gasteiger partial charge in [-0.2, -0.15) is 0 Å². The maximum Gasteiger partial charge on any atom is 0.194 e. The van der Waals surface area contributed by atoms with Crippen LogP contribution in [0.4, 0.5) is 13.2 Å². The molecule has 0 radical (unpaired) electrons. The minimum Gasteiger partial charge on any atom is -0.329 e. The number of hydrogen-bond acceptors (Lipinski definition) is 2. The van der Waals surface area contributed by atoms with Crippen LogP contribution in [0.3, 0.4) is 0 Å². The number of nitrogens with zero attached hydrogens (tertiary/aromatic N) is 1. The van der Waals surface area contributed by atoms with E-state index < -0.39 is 17.5 Å². The first kappa shape index (κ1) is 14.9. The van der Waals surface area contributed by atoms with E-state index in [1.165, 1.54) is 19.3 Å². The van der Waals surface area contributed by atoms with E-state index in [-0.39, 0.29) is 12.6 Å². The Hall–Kier alpha value is -1.07. The van der Waals surface area contributed by atoms with Gasteiger partial charge in [-0.15, -0.1) is 0 Å². The molecule has 1 heterocycles. The number of rotatable bonds is 3. The minimum atomic E-state index is -1.41. The van der Waals surface area contributed by atoms with Gasteiger partial charge < -0.3 is 5.73 Å². The quantitative estimate of drug-likeness (QED) is 0.867. The molecule has 0 aromatic heterocycles. The lowest BCUT2D eigenvalue weighted by Gasteiger charge is -2.42. The number of fused-ring (bicyclic) bond motifs is 1. The van der Waals surface area contributed by atoms with Gasteiger partial charge in [-0.05, 0) is 55.8 Å². The van der Waals surface area contributed by atoms with Crippen LogP contribution < -0.4 is 5.73 Å². The van der Waals surface area contributed by atoms with Crippen LogP contribution in [0.5, 0.6) is 0 Å². The summed E-state index contributed by atoms with van der Waals surface area (Å²) < 4.78 is 40.1. The lowest BCUT2D eigenvalue weighted by Crippen LogP contribution is -2.46. The number of hydrogen-bond donors (Lipinski definition) is 1. The van der Waals surface area contributed by atoms with Crippen molar-refractivity contribution in [2.75, 3.05) is 13.1 Å². The molecular weight excluding hydrogens is 277 g/mol. The van der Waals surface area contributed by atoms with E-state index in [4.69, 9.17) is 5.73 Å². The Morgan fingerprint density at radius 1 is 1.10 bits per heavy atom. The van der Waals surface area contributed by atoms with Gasteiger partial charge in [-0.1, -0.05) is 6.42 Å². The number of piperidine rings is 1. The summed E-state index contributed by atoms with van der Waals surface area (Å²) in [4.78, 5) is 2.29. The lowest BCUT2D eigenvalue weighted by atomic mass is 9.89. The van der Waals surface area contributed by atoms with Crippen molar-refractivity contribution in [1.82, 2.24) is 4.90 Å². The maximum atomic E-state index is 13.5. The third-order valence-corrected chi connectivity index (χ3v) is 5.05. The van der Waals surface area contributed by atoms with Crippen LogP contribution in [-0.2, 0) is 0 Å². The highest BCUT2D eigenvalue weighted by Gasteiger charge is 2.38. The van der Waals surface area contributed by atoms with Crippen molar-refractivity contribution in [1.29, 1.82) is 0 Å². The minimum absolute atomic E-state index is 0.236. The van der Waals surface area contributed by atoms with Crippen LogP contribution in [0.2, 0.25) is 0 Å². The molecule has 2 N–H and O–H groups in total. The molecule has 3 atom stereocenters. The van der Waals surface area contributed by atoms with Crippen LogP contribution in [-0.4, -0.2) is 24.0 Å². The van der Waals surface area contributed by atoms with Gasteiger partial charge in [0, 0.05) is 18.6 Å². The molecule has 1 saturated heterocycles. The SMILES string of the molecule is NCC(c1cc(F)c(F)c(F)c1)N1CCCC2CCCC21. The van der Waals surface area contributed by atoms with E-state index in [1.807, 2.05) is 0 Å². The van der Waals surface area contributed by atoms with Gasteiger partial charge in [-0.25, -0.2) is 13.2 Å². The number of likely N-dealkylation sites (tertiary alicyclic amines) is 1. The summed E-state index contributed by atoms with van der Waals surface area (Å²) >= 11 is 0. The zero-order valence-electron chi connectivity index (χ0n) is 12.0. The summed E-state index contributed by atoms with van der Waals surface area (Å²) in [6.07, 6.45) is 5.86. The standard InChI is InChI=1S/C16H21F3N2/c17-12-7-11(8-13(18)16(12)19)15(9-20)21-6-2-4-10-3-1-5-14(10)21/h7-8,10,14-15H,1-6,9,20H2. The first-order valence-electron chi connectivity index (χ1n) is 7.72. The van der Waals surface area contributed by atoms with Gasteiger partial charge in [0.05, 0.1) is 0 Å². The highest BCUT2D eigenvalue weighted by Crippen LogP contribution is 2.40. The summed E-state index contributed by atoms with van der Waals surface area (Å²) in [5.41, 5.74) is 6.32. The highest BCUT2D eigenvalue weighted by molar-refractivity contribution is 5.23. The third-order valence-electron chi connectivity index (χ3n) is 5.05. The largest absolute Gasteiger partial charge is 0.329 e. The van der Waals surface area contributed by atoms with Gasteiger partial charge in [0.25, 0.3) is 0 Å². The van der Waals surface area contributed by atoms with Gasteiger partial charge in [0.1, 0.15) is 0 Å². The topological polar surface area (TPSA) is 29.3 Å². The van der Waals surface area contributed by atoms with E-state index in [2.05, 4.69) is 4.90 Å². The average molecular weight is 298 g/mol. The second-order valence-electron chi connectivity index (χ2n) is 6.19. The maximum absolute atomic E-state index is 13.5. The normalized spacial score (nSPS) is 27.6. The van der Waals surface area contributed by atoms with Gasteiger partial charge >= 0.3 is 0 Å². The molecule has 2 nitrogen and oxygen atoms in total. The molecule has 3 unspecified atom stereocenters. The number of nitrogens with two attached hydrogens (primary N) is 1. The van der Waals surface area contributed by atoms with Gasteiger partial charge in [0.2, 0.25) is 0 Å². The highest BCUT2D eigenvalue weighted by atomic mass is 19.2. The van der Waals surface area contributed by atoms with E-state index in [1.54, 1.807) is 0 Å². The molecule has 21 heavy (non-hydrogen) atoms. The van der Waals surface area contributed by atoms with Crippen LogP contribution >= 0.6 is 0 Å². The monoisotopic (exact) mass is 298 g/mol. The second-order valence-corrected chi connectivity index (χ2v) is 6.19. The molecule has 1 saturated carbocycles. The van der Waals surface area contributed by atoms with Crippen LogP contribution in [0.15, 0.2) is 12.1 Å². The molecule has 0 amide bonds. The fourth-order valence-electron chi connectivity index (χ4n) is 4.11. The molecular formula is C16H21F3N2. The first-order valence-corrected chi connectivity index (χ1v) is 7.72. The van der Waals surface area contributed by atoms with Crippen molar-refractivity contribution in [2.45, 2.75) is 44.2 Å². The first-order chi connectivity index (χ1) is 10.1. The molecule has 2 fully saturated rings. The van der Waals surface area contributed by atoms with E-state index in [0.717, 1.165) is 31.5 Å². The van der Waals surface area contributed by atoms with Crippen LogP contribution in [0, 0.1) is 23.4 Å². The summed E-state index contributed by atoms with van der Waals surface area (Å²) in [7, 11) is 0. The Morgan fingerprint density at radius 3 is 2.43 bits per heavy atom. The van der Waals surface area contributed by atoms with Gasteiger partial charge in [0.15, 0.2) is 17.5 Å². The van der Waals surface area contributed by atoms with Crippen LogP contribution in [0.25, 0.3) is 0 Å². The van der Waals surface area contributed by atoms with Crippen molar-refractivity contribution in [3.8, 4) is 0 Å². The van der Waals surface area contributed by atoms with Crippen molar-refractivity contribution in [3.05, 3.63) is 35.1 Å². The number of benzene rings is 1. The molecule has 116 valence electrons. The Morgan fingerprint density at radius 2 is 1.76 bits per heavy atom. The Kier molecular flexibility index (Phi) is 4.22. The van der Waals surface area contributed by atoms with E-state index >= 15 is 0 Å². The summed E-state index contributed by atoms with van der Waals surface area (Å²) in [5, 5.41) is 0. The molecule has 0 bridgehead atoms. The van der Waals surface area contributed by atoms with Gasteiger partial charge in [-0.3, -0.25) is 4.90 Å². The fraction of sp³-hybridized carbons (Fsp3) is 0.625. The van der Waals surface area contributed by atoms with Crippen molar-refractivity contribution in [2.24, 2.45) is 11.7 Å². The smallest absolute Gasteiger partial charge is 0.194 e. The van der Waals surface area contributed by atoms with Crippen molar-refractivity contribution >= 4 is 0 Å². The van der Waals surface area contributed by atoms with E-state index in [0.29, 0.717) is 17.5 Å². The lowest BCUT2D eigenvalue weighted by molar-refractivity contribution is 0.0698. The zero-order chi connectivity index (χ0) is 15.0. The average Bonchev–Trinajstić information content (AvgIpc) is 2.94. The molecule has 1 aromatic rings. The molecule has 1 aliphatic carbocycles. The second kappa shape index (κ2) is 5.97. The summed E-state index contributed by atoms with van der Waals surface area (Å²) in [6, 6.07) is 2.40. The Balaban J connectivity index is 1.90. The summed E-state index contributed by atoms with van der Waals surface area (Å²) in [5.74, 6) is -3.01. The van der Waals surface area contributed by atoms with Crippen molar-refractivity contribution < 1.29 is 13.2 Å². The zero-order valence-corrected chi connectivity index (χ0v) is 12.0. The third kappa shape index (κ3) is 2.69. The Bertz CT molecular complexity index is 497. The Labute approximate surface area is 123 Å². The fourth-order valence-corrected chi connectivity index (χ4v) is 4.11. The summed E-state index contributed by atoms with van der Waals surface area (Å²) in [6.45, 7) is 1.18. The predicted molar refractivity (Wildman–Crippen MR) is 75.2 cm³/mol. The molecule has 0 spiro atoms. The van der Waals surface area contributed by atoms with Crippen molar-refractivity contribution in [3.63, 3.8) is 0 Å². The molecule has 5 heteroatoms. The molecule has 1 aliphatic heterocycles. The molecule has 2 aliphatic rings. The predicted octanol–water partition coefficient (Wildman–Crippen LogP) is 3.37. The molecule has 3 rings (SSSR count). The van der Waals surface area contributed by atoms with Crippen LogP contribution in [0.1, 0.15) is 43.7 Å². The molecule has 1 aromatic carbocycles. The van der Waals surface area contributed by atoms with E-state index in [9.17, 15) is 13.2 Å².